The van der Waals surface area contributed by atoms with Crippen LogP contribution < -0.4 is 11.3 Å². The number of hydrogen-bond acceptors (Lipinski definition) is 3. The summed E-state index contributed by atoms with van der Waals surface area (Å²) in [4.78, 5) is 0. The summed E-state index contributed by atoms with van der Waals surface area (Å²) in [5, 5.41) is 0. The molecule has 1 unspecified atom stereocenters. The molecule has 13 heavy (non-hydrogen) atoms. The van der Waals surface area contributed by atoms with Crippen LogP contribution in [-0.2, 0) is 4.74 Å². The van der Waals surface area contributed by atoms with Crippen LogP contribution in [0.1, 0.15) is 41.5 Å². The molecule has 0 aliphatic carbocycles. The van der Waals surface area contributed by atoms with E-state index < -0.39 is 0 Å². The van der Waals surface area contributed by atoms with E-state index in [4.69, 9.17) is 10.6 Å². The molecule has 0 radical (unpaired) electrons. The predicted octanol–water partition coefficient (Wildman–Crippen LogP) is 1.68. The summed E-state index contributed by atoms with van der Waals surface area (Å²) < 4.78 is 5.67. The first-order valence-electron chi connectivity index (χ1n) is 4.85. The van der Waals surface area contributed by atoms with Crippen molar-refractivity contribution in [1.82, 2.24) is 5.43 Å². The second-order valence-electron chi connectivity index (χ2n) is 5.00. The van der Waals surface area contributed by atoms with Gasteiger partial charge in [-0.1, -0.05) is 20.8 Å². The lowest BCUT2D eigenvalue weighted by Crippen LogP contribution is -2.58. The third-order valence-corrected chi connectivity index (χ3v) is 2.24. The summed E-state index contributed by atoms with van der Waals surface area (Å²) in [5.41, 5.74) is 2.70. The molecule has 0 bridgehead atoms. The molecule has 0 rings (SSSR count). The van der Waals surface area contributed by atoms with Crippen LogP contribution in [0.3, 0.4) is 0 Å². The third-order valence-electron chi connectivity index (χ3n) is 2.24. The molecule has 3 N–H and O–H groups in total. The van der Waals surface area contributed by atoms with Gasteiger partial charge in [-0.2, -0.15) is 0 Å². The molecule has 0 amide bonds. The molecular formula is C10H24N2O. The Morgan fingerprint density at radius 3 is 1.92 bits per heavy atom. The minimum Gasteiger partial charge on any atom is -0.374 e. The van der Waals surface area contributed by atoms with E-state index >= 15 is 0 Å². The molecule has 0 saturated carbocycles. The average Bonchev–Trinajstić information content (AvgIpc) is 1.83. The van der Waals surface area contributed by atoms with E-state index in [1.165, 1.54) is 0 Å². The van der Waals surface area contributed by atoms with Gasteiger partial charge in [-0.3, -0.25) is 11.3 Å². The van der Waals surface area contributed by atoms with E-state index in [9.17, 15) is 0 Å². The molecule has 3 nitrogen and oxygen atoms in total. The number of rotatable bonds is 4. The van der Waals surface area contributed by atoms with Crippen LogP contribution in [0.5, 0.6) is 0 Å². The Morgan fingerprint density at radius 2 is 1.69 bits per heavy atom. The van der Waals surface area contributed by atoms with Crippen molar-refractivity contribution < 1.29 is 4.74 Å². The van der Waals surface area contributed by atoms with Crippen LogP contribution >= 0.6 is 0 Å². The second kappa shape index (κ2) is 4.40. The molecule has 0 fully saturated rings. The van der Waals surface area contributed by atoms with Gasteiger partial charge in [0.2, 0.25) is 0 Å². The SMILES string of the molecule is CCOC(C)(C)C(NN)C(C)(C)C. The van der Waals surface area contributed by atoms with Crippen molar-refractivity contribution in [2.75, 3.05) is 6.61 Å². The monoisotopic (exact) mass is 188 g/mol. The minimum atomic E-state index is -0.234. The lowest BCUT2D eigenvalue weighted by atomic mass is 9.78. The van der Waals surface area contributed by atoms with Gasteiger partial charge >= 0.3 is 0 Å². The summed E-state index contributed by atoms with van der Waals surface area (Å²) in [7, 11) is 0. The van der Waals surface area contributed by atoms with E-state index in [0.29, 0.717) is 6.61 Å². The maximum absolute atomic E-state index is 5.67. The van der Waals surface area contributed by atoms with Gasteiger partial charge < -0.3 is 4.74 Å². The van der Waals surface area contributed by atoms with Crippen molar-refractivity contribution in [3.05, 3.63) is 0 Å². The minimum absolute atomic E-state index is 0.0907. The van der Waals surface area contributed by atoms with Crippen LogP contribution in [0, 0.1) is 5.41 Å². The van der Waals surface area contributed by atoms with Crippen LogP contribution in [-0.4, -0.2) is 18.2 Å². The van der Waals surface area contributed by atoms with E-state index in [1.807, 2.05) is 6.92 Å². The number of hydrogen-bond donors (Lipinski definition) is 2. The zero-order valence-electron chi connectivity index (χ0n) is 9.77. The summed E-state index contributed by atoms with van der Waals surface area (Å²) in [6.45, 7) is 13.3. The number of hydrazine groups is 1. The highest BCUT2D eigenvalue weighted by atomic mass is 16.5. The molecule has 1 atom stereocenters. The maximum atomic E-state index is 5.67. The zero-order valence-corrected chi connectivity index (χ0v) is 9.77. The summed E-state index contributed by atoms with van der Waals surface area (Å²) >= 11 is 0. The lowest BCUT2D eigenvalue weighted by molar-refractivity contribution is -0.0653. The molecule has 0 spiro atoms. The fourth-order valence-corrected chi connectivity index (χ4v) is 1.95. The molecule has 3 heteroatoms. The van der Waals surface area contributed by atoms with Crippen molar-refractivity contribution in [2.45, 2.75) is 53.2 Å². The topological polar surface area (TPSA) is 47.3 Å². The van der Waals surface area contributed by atoms with Gasteiger partial charge in [0.1, 0.15) is 0 Å². The van der Waals surface area contributed by atoms with E-state index in [-0.39, 0.29) is 17.1 Å². The molecule has 80 valence electrons. The quantitative estimate of drug-likeness (QED) is 0.521. The van der Waals surface area contributed by atoms with Crippen molar-refractivity contribution in [2.24, 2.45) is 11.3 Å². The number of ether oxygens (including phenoxy) is 1. The fourth-order valence-electron chi connectivity index (χ4n) is 1.95. The van der Waals surface area contributed by atoms with Gasteiger partial charge in [0.15, 0.2) is 0 Å². The first-order valence-corrected chi connectivity index (χ1v) is 4.85. The van der Waals surface area contributed by atoms with Crippen molar-refractivity contribution in [3.63, 3.8) is 0 Å². The van der Waals surface area contributed by atoms with E-state index in [2.05, 4.69) is 40.0 Å². The zero-order chi connectivity index (χ0) is 10.7. The maximum Gasteiger partial charge on any atom is 0.0797 e. The van der Waals surface area contributed by atoms with Gasteiger partial charge in [0.25, 0.3) is 0 Å². The summed E-state index contributed by atoms with van der Waals surface area (Å²) in [5.74, 6) is 5.55. The lowest BCUT2D eigenvalue weighted by Gasteiger charge is -2.41. The van der Waals surface area contributed by atoms with Crippen molar-refractivity contribution in [1.29, 1.82) is 0 Å². The van der Waals surface area contributed by atoms with E-state index in [0.717, 1.165) is 0 Å². The molecular weight excluding hydrogens is 164 g/mol. The largest absolute Gasteiger partial charge is 0.374 e. The van der Waals surface area contributed by atoms with Crippen molar-refractivity contribution >= 4 is 0 Å². The summed E-state index contributed by atoms with van der Waals surface area (Å²) in [6, 6.07) is 0.139. The smallest absolute Gasteiger partial charge is 0.0797 e. The van der Waals surface area contributed by atoms with Crippen LogP contribution in [0.25, 0.3) is 0 Å². The molecule has 0 aromatic rings. The Morgan fingerprint density at radius 1 is 1.23 bits per heavy atom. The Bertz CT molecular complexity index is 149. The molecule has 0 aromatic heterocycles. The first-order chi connectivity index (χ1) is 5.75. The molecule has 0 aliphatic heterocycles. The highest BCUT2D eigenvalue weighted by Crippen LogP contribution is 2.29. The Labute approximate surface area is 82.0 Å². The van der Waals surface area contributed by atoms with Crippen LogP contribution in [0.4, 0.5) is 0 Å². The molecule has 0 aliphatic rings. The highest BCUT2D eigenvalue weighted by molar-refractivity contribution is 4.92. The van der Waals surface area contributed by atoms with Crippen LogP contribution in [0.2, 0.25) is 0 Å². The Balaban J connectivity index is 4.56. The second-order valence-corrected chi connectivity index (χ2v) is 5.00. The third kappa shape index (κ3) is 3.63. The highest BCUT2D eigenvalue weighted by Gasteiger charge is 2.37. The number of nitrogens with one attached hydrogen (secondary N) is 1. The van der Waals surface area contributed by atoms with Gasteiger partial charge in [-0.25, -0.2) is 0 Å². The van der Waals surface area contributed by atoms with Gasteiger partial charge in [-0.15, -0.1) is 0 Å². The Kier molecular flexibility index (Phi) is 4.36. The number of nitrogens with two attached hydrogens (primary N) is 1. The van der Waals surface area contributed by atoms with Gasteiger partial charge in [-0.05, 0) is 26.2 Å². The standard InChI is InChI=1S/C10H24N2O/c1-7-13-10(5,6)8(12-11)9(2,3)4/h8,12H,7,11H2,1-6H3. The normalized spacial score (nSPS) is 15.9. The average molecular weight is 188 g/mol. The summed E-state index contributed by atoms with van der Waals surface area (Å²) in [6.07, 6.45) is 0. The van der Waals surface area contributed by atoms with E-state index in [1.54, 1.807) is 0 Å². The molecule has 0 heterocycles. The fraction of sp³-hybridized carbons (Fsp3) is 1.00. The Hall–Kier alpha value is -0.120. The van der Waals surface area contributed by atoms with Crippen LogP contribution in [0.15, 0.2) is 0 Å². The van der Waals surface area contributed by atoms with Gasteiger partial charge in [0.05, 0.1) is 11.6 Å². The molecule has 0 saturated heterocycles. The molecule has 0 aromatic carbocycles. The predicted molar refractivity (Wildman–Crippen MR) is 56.3 cm³/mol. The van der Waals surface area contributed by atoms with Gasteiger partial charge in [0, 0.05) is 6.61 Å². The first kappa shape index (κ1) is 12.9. The van der Waals surface area contributed by atoms with Crippen molar-refractivity contribution in [3.8, 4) is 0 Å².